The van der Waals surface area contributed by atoms with Gasteiger partial charge in [-0.25, -0.2) is 0 Å². The smallest absolute Gasteiger partial charge is 0.251 e. The highest BCUT2D eigenvalue weighted by Crippen LogP contribution is 2.46. The van der Waals surface area contributed by atoms with Crippen molar-refractivity contribution in [3.8, 4) is 5.75 Å². The molecule has 3 heterocycles. The van der Waals surface area contributed by atoms with Crippen LogP contribution in [0.2, 0.25) is 0 Å². The van der Waals surface area contributed by atoms with E-state index in [1.54, 1.807) is 18.2 Å². The number of fused-ring (bicyclic) bond motifs is 1. The number of likely N-dealkylation sites (tertiary alicyclic amines) is 1. The second-order valence-electron chi connectivity index (χ2n) is 7.73. The second kappa shape index (κ2) is 8.39. The van der Waals surface area contributed by atoms with Crippen LogP contribution in [0.15, 0.2) is 22.6 Å². The maximum absolute atomic E-state index is 12.7. The molecule has 1 aromatic rings. The molecule has 0 spiro atoms. The SMILES string of the molecule is NC1=NS(O)(O)Nc2cccc(OCC3CCCN(C(=O)C4CCCCO4)C3)c21. The molecule has 0 radical (unpaired) electrons. The van der Waals surface area contributed by atoms with E-state index in [9.17, 15) is 13.9 Å². The van der Waals surface area contributed by atoms with Crippen molar-refractivity contribution in [2.45, 2.75) is 38.2 Å². The molecule has 0 bridgehead atoms. The van der Waals surface area contributed by atoms with Gasteiger partial charge in [0.1, 0.15) is 11.9 Å². The van der Waals surface area contributed by atoms with E-state index in [0.717, 1.165) is 38.6 Å². The average Bonchev–Trinajstić information content (AvgIpc) is 2.71. The van der Waals surface area contributed by atoms with Gasteiger partial charge in [0, 0.05) is 25.6 Å². The molecule has 2 fully saturated rings. The molecular weight excluding hydrogens is 396 g/mol. The Labute approximate surface area is 171 Å². The van der Waals surface area contributed by atoms with Gasteiger partial charge in [0.2, 0.25) is 0 Å². The Bertz CT molecular complexity index is 797. The van der Waals surface area contributed by atoms with Crippen molar-refractivity contribution in [3.63, 3.8) is 0 Å². The number of carbonyl (C=O) groups is 1. The quantitative estimate of drug-likeness (QED) is 0.584. The van der Waals surface area contributed by atoms with E-state index in [0.29, 0.717) is 36.8 Å². The molecule has 3 aliphatic rings. The molecule has 10 heteroatoms. The Morgan fingerprint density at radius 3 is 3.00 bits per heavy atom. The second-order valence-corrected chi connectivity index (χ2v) is 9.16. The molecule has 2 atom stereocenters. The Morgan fingerprint density at radius 2 is 2.21 bits per heavy atom. The number of amides is 1. The fraction of sp³-hybridized carbons (Fsp3) is 0.579. The van der Waals surface area contributed by atoms with Crippen molar-refractivity contribution < 1.29 is 23.4 Å². The van der Waals surface area contributed by atoms with Crippen LogP contribution in [-0.2, 0) is 9.53 Å². The Morgan fingerprint density at radius 1 is 1.34 bits per heavy atom. The predicted octanol–water partition coefficient (Wildman–Crippen LogP) is 2.58. The monoisotopic (exact) mass is 424 g/mol. The van der Waals surface area contributed by atoms with Gasteiger partial charge in [0.15, 0.2) is 5.84 Å². The van der Waals surface area contributed by atoms with E-state index in [4.69, 9.17) is 15.2 Å². The lowest BCUT2D eigenvalue weighted by atomic mass is 9.97. The standard InChI is InChI=1S/C19H28N4O5S/c20-18-17-14(21-29(25,26)22-18)6-3-8-15(17)28-12-13-5-4-9-23(11-13)19(24)16-7-1-2-10-27-16/h3,6,8,13,16,21,25-26H,1-2,4-5,7,9-12H2,(H2,20,22). The summed E-state index contributed by atoms with van der Waals surface area (Å²) in [6.07, 6.45) is 4.48. The lowest BCUT2D eigenvalue weighted by Gasteiger charge is -2.36. The highest BCUT2D eigenvalue weighted by Gasteiger charge is 2.31. The third-order valence-corrected chi connectivity index (χ3v) is 6.46. The van der Waals surface area contributed by atoms with E-state index < -0.39 is 11.0 Å². The minimum Gasteiger partial charge on any atom is -0.492 e. The fourth-order valence-corrected chi connectivity index (χ4v) is 4.98. The normalized spacial score (nSPS) is 27.2. The summed E-state index contributed by atoms with van der Waals surface area (Å²) in [6.45, 7) is 2.51. The average molecular weight is 425 g/mol. The van der Waals surface area contributed by atoms with Gasteiger partial charge in [0.05, 0.1) is 17.9 Å². The Balaban J connectivity index is 1.39. The lowest BCUT2D eigenvalue weighted by molar-refractivity contribution is -0.148. The molecule has 29 heavy (non-hydrogen) atoms. The Hall–Kier alpha value is -2.01. The molecule has 0 saturated carbocycles. The first-order chi connectivity index (χ1) is 13.9. The van der Waals surface area contributed by atoms with E-state index in [1.807, 2.05) is 4.90 Å². The number of nitrogens with one attached hydrogen (secondary N) is 1. The zero-order valence-electron chi connectivity index (χ0n) is 16.2. The number of nitrogens with two attached hydrogens (primary N) is 1. The number of hydrogen-bond donors (Lipinski definition) is 4. The number of amidine groups is 1. The summed E-state index contributed by atoms with van der Waals surface area (Å²) in [5.74, 6) is 0.869. The molecule has 0 aliphatic carbocycles. The molecule has 9 nitrogen and oxygen atoms in total. The molecule has 5 N–H and O–H groups in total. The van der Waals surface area contributed by atoms with E-state index in [2.05, 4.69) is 9.12 Å². The van der Waals surface area contributed by atoms with Gasteiger partial charge in [-0.3, -0.25) is 18.6 Å². The van der Waals surface area contributed by atoms with E-state index in [1.165, 1.54) is 0 Å². The number of benzene rings is 1. The molecule has 4 rings (SSSR count). The predicted molar refractivity (Wildman–Crippen MR) is 112 cm³/mol. The van der Waals surface area contributed by atoms with Crippen molar-refractivity contribution in [2.24, 2.45) is 16.0 Å². The van der Waals surface area contributed by atoms with Gasteiger partial charge in [-0.15, -0.1) is 4.40 Å². The first-order valence-corrected chi connectivity index (χ1v) is 11.5. The van der Waals surface area contributed by atoms with E-state index in [-0.39, 0.29) is 23.8 Å². The van der Waals surface area contributed by atoms with Gasteiger partial charge >= 0.3 is 0 Å². The summed E-state index contributed by atoms with van der Waals surface area (Å²) in [5, 5.41) is 0. The molecule has 0 aromatic heterocycles. The number of anilines is 1. The third kappa shape index (κ3) is 4.61. The number of rotatable bonds is 4. The van der Waals surface area contributed by atoms with Gasteiger partial charge in [0.25, 0.3) is 5.91 Å². The van der Waals surface area contributed by atoms with Crippen LogP contribution in [-0.4, -0.2) is 58.2 Å². The molecule has 3 aliphatic heterocycles. The minimum atomic E-state index is -3.32. The molecule has 1 amide bonds. The van der Waals surface area contributed by atoms with Crippen LogP contribution in [0, 0.1) is 5.92 Å². The van der Waals surface area contributed by atoms with Crippen LogP contribution in [0.1, 0.15) is 37.7 Å². The summed E-state index contributed by atoms with van der Waals surface area (Å²) in [4.78, 5) is 14.6. The van der Waals surface area contributed by atoms with Crippen molar-refractivity contribution in [1.82, 2.24) is 4.90 Å². The van der Waals surface area contributed by atoms with Gasteiger partial charge in [-0.2, -0.15) is 0 Å². The van der Waals surface area contributed by atoms with Crippen LogP contribution in [0.25, 0.3) is 0 Å². The first kappa shape index (κ1) is 20.3. The van der Waals surface area contributed by atoms with Crippen LogP contribution in [0.5, 0.6) is 5.75 Å². The van der Waals surface area contributed by atoms with E-state index >= 15 is 0 Å². The topological polar surface area (TPSA) is 130 Å². The minimum absolute atomic E-state index is 0.0317. The number of carbonyl (C=O) groups excluding carboxylic acids is 1. The fourth-order valence-electron chi connectivity index (χ4n) is 4.10. The highest BCUT2D eigenvalue weighted by atomic mass is 32.3. The molecule has 2 saturated heterocycles. The number of hydrogen-bond acceptors (Lipinski definition) is 8. The summed E-state index contributed by atoms with van der Waals surface area (Å²) in [7, 11) is -3.32. The third-order valence-electron chi connectivity index (χ3n) is 5.52. The first-order valence-electron chi connectivity index (χ1n) is 10.0. The maximum Gasteiger partial charge on any atom is 0.251 e. The molecular formula is C19H28N4O5S. The number of ether oxygens (including phenoxy) is 2. The Kier molecular flexibility index (Phi) is 5.86. The largest absolute Gasteiger partial charge is 0.492 e. The van der Waals surface area contributed by atoms with Crippen LogP contribution < -0.4 is 15.2 Å². The van der Waals surface area contributed by atoms with Gasteiger partial charge in [-0.05, 0) is 55.2 Å². The van der Waals surface area contributed by atoms with Gasteiger partial charge in [-0.1, -0.05) is 6.07 Å². The summed E-state index contributed by atoms with van der Waals surface area (Å²) < 4.78 is 37.6. The highest BCUT2D eigenvalue weighted by molar-refractivity contribution is 8.24. The summed E-state index contributed by atoms with van der Waals surface area (Å²) in [5.41, 5.74) is 6.94. The molecule has 160 valence electrons. The molecule has 2 unspecified atom stereocenters. The van der Waals surface area contributed by atoms with Crippen molar-refractivity contribution in [1.29, 1.82) is 0 Å². The van der Waals surface area contributed by atoms with Crippen molar-refractivity contribution in [3.05, 3.63) is 23.8 Å². The number of piperidine rings is 1. The summed E-state index contributed by atoms with van der Waals surface area (Å²) in [6, 6.07) is 5.23. The molecule has 1 aromatic carbocycles. The van der Waals surface area contributed by atoms with Crippen LogP contribution >= 0.6 is 11.0 Å². The maximum atomic E-state index is 12.7. The zero-order valence-corrected chi connectivity index (χ0v) is 17.1. The summed E-state index contributed by atoms with van der Waals surface area (Å²) >= 11 is 0. The van der Waals surface area contributed by atoms with Crippen molar-refractivity contribution >= 4 is 28.4 Å². The van der Waals surface area contributed by atoms with Crippen molar-refractivity contribution in [2.75, 3.05) is 31.0 Å². The van der Waals surface area contributed by atoms with Crippen LogP contribution in [0.4, 0.5) is 5.69 Å². The van der Waals surface area contributed by atoms with Gasteiger partial charge < -0.3 is 20.1 Å². The zero-order chi connectivity index (χ0) is 20.4. The van der Waals surface area contributed by atoms with Crippen LogP contribution in [0.3, 0.4) is 0 Å². The lowest BCUT2D eigenvalue weighted by Crippen LogP contribution is -2.47. The number of nitrogens with zero attached hydrogens (tertiary/aromatic N) is 2.